The molecular formula is C11H11ClFN3. The van der Waals surface area contributed by atoms with E-state index in [-0.39, 0.29) is 5.02 Å². The van der Waals surface area contributed by atoms with Gasteiger partial charge in [-0.25, -0.2) is 4.39 Å². The van der Waals surface area contributed by atoms with E-state index in [0.717, 1.165) is 5.56 Å². The Morgan fingerprint density at radius 2 is 2.06 bits per heavy atom. The molecule has 3 nitrogen and oxygen atoms in total. The molecule has 84 valence electrons. The van der Waals surface area contributed by atoms with Crippen molar-refractivity contribution in [2.24, 2.45) is 7.05 Å². The summed E-state index contributed by atoms with van der Waals surface area (Å²) in [6.45, 7) is 1.85. The van der Waals surface area contributed by atoms with E-state index in [1.54, 1.807) is 25.2 Å². The van der Waals surface area contributed by atoms with Crippen molar-refractivity contribution in [1.82, 2.24) is 9.78 Å². The van der Waals surface area contributed by atoms with Crippen molar-refractivity contribution in [3.8, 4) is 11.3 Å². The van der Waals surface area contributed by atoms with Gasteiger partial charge in [-0.3, -0.25) is 4.68 Å². The summed E-state index contributed by atoms with van der Waals surface area (Å²) in [4.78, 5) is 0. The summed E-state index contributed by atoms with van der Waals surface area (Å²) < 4.78 is 15.3. The number of hydrogen-bond acceptors (Lipinski definition) is 2. The fourth-order valence-electron chi connectivity index (χ4n) is 1.52. The van der Waals surface area contributed by atoms with Gasteiger partial charge in [0.15, 0.2) is 5.82 Å². The number of rotatable bonds is 1. The fraction of sp³-hybridized carbons (Fsp3) is 0.182. The normalized spacial score (nSPS) is 10.8. The maximum Gasteiger partial charge on any atom is 0.151 e. The minimum absolute atomic E-state index is 0.0965. The molecule has 0 bridgehead atoms. The van der Waals surface area contributed by atoms with Crippen LogP contribution in [-0.4, -0.2) is 9.78 Å². The van der Waals surface area contributed by atoms with Gasteiger partial charge in [0.2, 0.25) is 0 Å². The Morgan fingerprint density at radius 3 is 2.62 bits per heavy atom. The van der Waals surface area contributed by atoms with E-state index in [1.165, 1.54) is 4.68 Å². The van der Waals surface area contributed by atoms with Crippen LogP contribution in [0, 0.1) is 12.7 Å². The Morgan fingerprint density at radius 1 is 1.38 bits per heavy atom. The second kappa shape index (κ2) is 3.79. The number of hydrogen-bond donors (Lipinski definition) is 1. The van der Waals surface area contributed by atoms with Crippen molar-refractivity contribution in [2.75, 3.05) is 5.73 Å². The number of benzene rings is 1. The molecule has 0 unspecified atom stereocenters. The van der Waals surface area contributed by atoms with Gasteiger partial charge in [0.25, 0.3) is 0 Å². The second-order valence-corrected chi connectivity index (χ2v) is 4.09. The molecule has 1 aromatic carbocycles. The zero-order chi connectivity index (χ0) is 11.9. The average molecular weight is 240 g/mol. The molecule has 1 aromatic heterocycles. The minimum atomic E-state index is -0.467. The first-order valence-corrected chi connectivity index (χ1v) is 5.12. The molecule has 0 saturated carbocycles. The van der Waals surface area contributed by atoms with Gasteiger partial charge >= 0.3 is 0 Å². The van der Waals surface area contributed by atoms with Crippen molar-refractivity contribution in [3.05, 3.63) is 34.6 Å². The van der Waals surface area contributed by atoms with Gasteiger partial charge in [0.05, 0.1) is 10.7 Å². The number of nitrogens with two attached hydrogens (primary N) is 1. The molecule has 0 saturated heterocycles. The van der Waals surface area contributed by atoms with Crippen LogP contribution in [0.2, 0.25) is 5.02 Å². The Hall–Kier alpha value is -1.55. The summed E-state index contributed by atoms with van der Waals surface area (Å²) in [7, 11) is 1.70. The van der Waals surface area contributed by atoms with Gasteiger partial charge in [-0.05, 0) is 24.6 Å². The van der Waals surface area contributed by atoms with Crippen LogP contribution in [0.15, 0.2) is 18.2 Å². The maximum absolute atomic E-state index is 13.8. The van der Waals surface area contributed by atoms with Gasteiger partial charge in [-0.1, -0.05) is 11.6 Å². The highest BCUT2D eigenvalue weighted by atomic mass is 35.5. The highest BCUT2D eigenvalue weighted by Gasteiger charge is 2.13. The van der Waals surface area contributed by atoms with Crippen molar-refractivity contribution in [3.63, 3.8) is 0 Å². The zero-order valence-electron chi connectivity index (χ0n) is 8.96. The predicted molar refractivity (Wildman–Crippen MR) is 62.8 cm³/mol. The van der Waals surface area contributed by atoms with Crippen molar-refractivity contribution < 1.29 is 4.39 Å². The second-order valence-electron chi connectivity index (χ2n) is 3.69. The molecule has 0 fully saturated rings. The molecule has 16 heavy (non-hydrogen) atoms. The first kappa shape index (κ1) is 11.0. The summed E-state index contributed by atoms with van der Waals surface area (Å²) >= 11 is 5.77. The van der Waals surface area contributed by atoms with Crippen molar-refractivity contribution in [1.29, 1.82) is 0 Å². The molecule has 0 amide bonds. The zero-order valence-corrected chi connectivity index (χ0v) is 9.72. The summed E-state index contributed by atoms with van der Waals surface area (Å²) in [5.41, 5.74) is 7.39. The molecule has 2 aromatic rings. The summed E-state index contributed by atoms with van der Waals surface area (Å²) in [5, 5.41) is 4.21. The molecule has 1 heterocycles. The number of aryl methyl sites for hydroxylation is 2. The van der Waals surface area contributed by atoms with E-state index >= 15 is 0 Å². The smallest absolute Gasteiger partial charge is 0.151 e. The number of halogens is 2. The van der Waals surface area contributed by atoms with Crippen LogP contribution in [0.1, 0.15) is 5.56 Å². The van der Waals surface area contributed by atoms with E-state index in [9.17, 15) is 4.39 Å². The van der Waals surface area contributed by atoms with Crippen LogP contribution < -0.4 is 5.73 Å². The van der Waals surface area contributed by atoms with Gasteiger partial charge in [0, 0.05) is 18.7 Å². The van der Waals surface area contributed by atoms with E-state index < -0.39 is 5.82 Å². The van der Waals surface area contributed by atoms with E-state index in [4.69, 9.17) is 17.3 Å². The average Bonchev–Trinajstić information content (AvgIpc) is 2.53. The van der Waals surface area contributed by atoms with Gasteiger partial charge in [0.1, 0.15) is 5.82 Å². The Balaban J connectivity index is 2.63. The van der Waals surface area contributed by atoms with E-state index in [2.05, 4.69) is 5.10 Å². The van der Waals surface area contributed by atoms with Crippen LogP contribution >= 0.6 is 11.6 Å². The van der Waals surface area contributed by atoms with Crippen LogP contribution in [-0.2, 0) is 7.05 Å². The molecule has 0 atom stereocenters. The molecule has 2 rings (SSSR count). The lowest BCUT2D eigenvalue weighted by atomic mass is 10.1. The topological polar surface area (TPSA) is 43.8 Å². The largest absolute Gasteiger partial charge is 0.384 e. The van der Waals surface area contributed by atoms with Gasteiger partial charge in [-0.15, -0.1) is 0 Å². The number of nitrogens with zero attached hydrogens (tertiary/aromatic N) is 2. The molecule has 0 spiro atoms. The number of anilines is 1. The molecule has 2 N–H and O–H groups in total. The van der Waals surface area contributed by atoms with Gasteiger partial charge in [-0.2, -0.15) is 5.10 Å². The lowest BCUT2D eigenvalue weighted by molar-refractivity contribution is 0.630. The lowest BCUT2D eigenvalue weighted by Gasteiger charge is -2.03. The summed E-state index contributed by atoms with van der Waals surface area (Å²) in [6, 6.07) is 4.89. The Bertz CT molecular complexity index is 529. The lowest BCUT2D eigenvalue weighted by Crippen LogP contribution is -1.96. The molecule has 0 aliphatic heterocycles. The third kappa shape index (κ3) is 1.76. The minimum Gasteiger partial charge on any atom is -0.384 e. The SMILES string of the molecule is Cc1cc(Cl)c(F)c(-c2cc(N)n(C)n2)c1. The van der Waals surface area contributed by atoms with Crippen molar-refractivity contribution >= 4 is 17.4 Å². The van der Waals surface area contributed by atoms with Crippen LogP contribution in [0.3, 0.4) is 0 Å². The predicted octanol–water partition coefficient (Wildman–Crippen LogP) is 2.77. The van der Waals surface area contributed by atoms with E-state index in [0.29, 0.717) is 17.1 Å². The Labute approximate surface area is 97.6 Å². The third-order valence-electron chi connectivity index (χ3n) is 2.36. The third-order valence-corrected chi connectivity index (χ3v) is 2.64. The summed E-state index contributed by atoms with van der Waals surface area (Å²) in [5.74, 6) is 0.0115. The standard InChI is InChI=1S/C11H11ClFN3/c1-6-3-7(11(13)8(12)4-6)9-5-10(14)16(2)15-9/h3-5H,14H2,1-2H3. The van der Waals surface area contributed by atoms with Gasteiger partial charge < -0.3 is 5.73 Å². The quantitative estimate of drug-likeness (QED) is 0.832. The molecule has 0 aliphatic rings. The Kier molecular flexibility index (Phi) is 2.59. The highest BCUT2D eigenvalue weighted by Crippen LogP contribution is 2.29. The van der Waals surface area contributed by atoms with E-state index in [1.807, 2.05) is 6.92 Å². The maximum atomic E-state index is 13.8. The van der Waals surface area contributed by atoms with Crippen molar-refractivity contribution in [2.45, 2.75) is 6.92 Å². The first-order chi connectivity index (χ1) is 7.49. The molecule has 0 radical (unpaired) electrons. The van der Waals surface area contributed by atoms with Crippen LogP contribution in [0.5, 0.6) is 0 Å². The highest BCUT2D eigenvalue weighted by molar-refractivity contribution is 6.31. The van der Waals surface area contributed by atoms with Crippen LogP contribution in [0.4, 0.5) is 10.2 Å². The fourth-order valence-corrected chi connectivity index (χ4v) is 1.80. The van der Waals surface area contributed by atoms with Crippen LogP contribution in [0.25, 0.3) is 11.3 Å². The number of aromatic nitrogens is 2. The monoisotopic (exact) mass is 239 g/mol. The first-order valence-electron chi connectivity index (χ1n) is 4.74. The molecule has 0 aliphatic carbocycles. The molecular weight excluding hydrogens is 229 g/mol. The summed E-state index contributed by atoms with van der Waals surface area (Å²) in [6.07, 6.45) is 0. The number of nitrogen functional groups attached to an aromatic ring is 1. The molecule has 5 heteroatoms.